The summed E-state index contributed by atoms with van der Waals surface area (Å²) in [5, 5.41) is 7.97. The van der Waals surface area contributed by atoms with E-state index in [-0.39, 0.29) is 17.6 Å². The highest BCUT2D eigenvalue weighted by atomic mass is 16.5. The predicted octanol–water partition coefficient (Wildman–Crippen LogP) is 0.251. The summed E-state index contributed by atoms with van der Waals surface area (Å²) in [4.78, 5) is 0. The Morgan fingerprint density at radius 2 is 2.18 bits per heavy atom. The Morgan fingerprint density at radius 1 is 1.53 bits per heavy atom. The number of aromatic nitrogens is 3. The predicted molar refractivity (Wildman–Crippen MR) is 66.1 cm³/mol. The number of methoxy groups -OCH3 is 1. The SMILES string of the molecule is COC(C(Cc1cn(C)nn1)NN)C(C)(C)C. The lowest BCUT2D eigenvalue weighted by atomic mass is 9.83. The standard InChI is InChI=1S/C11H23N5O/c1-11(2,3)10(17-5)9(13-12)6-8-7-16(4)15-14-8/h7,9-10,13H,6,12H2,1-5H3. The lowest BCUT2D eigenvalue weighted by Gasteiger charge is -2.35. The van der Waals surface area contributed by atoms with Gasteiger partial charge in [-0.2, -0.15) is 0 Å². The smallest absolute Gasteiger partial charge is 0.0844 e. The van der Waals surface area contributed by atoms with Crippen LogP contribution in [0.3, 0.4) is 0 Å². The van der Waals surface area contributed by atoms with Crippen LogP contribution in [0.2, 0.25) is 0 Å². The molecule has 98 valence electrons. The molecule has 0 amide bonds. The van der Waals surface area contributed by atoms with Gasteiger partial charge in [-0.05, 0) is 5.41 Å². The van der Waals surface area contributed by atoms with Gasteiger partial charge in [0, 0.05) is 26.8 Å². The van der Waals surface area contributed by atoms with Gasteiger partial charge in [0.25, 0.3) is 0 Å². The van der Waals surface area contributed by atoms with Crippen LogP contribution in [0.4, 0.5) is 0 Å². The molecule has 0 saturated carbocycles. The van der Waals surface area contributed by atoms with Crippen molar-refractivity contribution in [3.8, 4) is 0 Å². The molecule has 0 saturated heterocycles. The molecule has 6 heteroatoms. The summed E-state index contributed by atoms with van der Waals surface area (Å²) in [6.07, 6.45) is 2.59. The van der Waals surface area contributed by atoms with E-state index in [1.54, 1.807) is 11.8 Å². The maximum atomic E-state index is 5.62. The van der Waals surface area contributed by atoms with E-state index in [0.29, 0.717) is 6.42 Å². The first-order chi connectivity index (χ1) is 7.88. The second kappa shape index (κ2) is 5.57. The zero-order chi connectivity index (χ0) is 13.1. The number of hydrazine groups is 1. The molecule has 0 bridgehead atoms. The van der Waals surface area contributed by atoms with Gasteiger partial charge in [0.05, 0.1) is 17.8 Å². The molecule has 0 fully saturated rings. The minimum atomic E-state index is 0.00793. The molecule has 0 spiro atoms. The van der Waals surface area contributed by atoms with Crippen LogP contribution in [-0.2, 0) is 18.2 Å². The number of hydrogen-bond acceptors (Lipinski definition) is 5. The third-order valence-electron chi connectivity index (χ3n) is 2.77. The van der Waals surface area contributed by atoms with Gasteiger partial charge < -0.3 is 4.74 Å². The first-order valence-corrected chi connectivity index (χ1v) is 5.72. The van der Waals surface area contributed by atoms with Crippen molar-refractivity contribution < 1.29 is 4.74 Å². The van der Waals surface area contributed by atoms with Crippen LogP contribution < -0.4 is 11.3 Å². The molecule has 17 heavy (non-hydrogen) atoms. The van der Waals surface area contributed by atoms with E-state index >= 15 is 0 Å². The van der Waals surface area contributed by atoms with Gasteiger partial charge in [0.2, 0.25) is 0 Å². The summed E-state index contributed by atoms with van der Waals surface area (Å²) in [6, 6.07) is 0.0108. The van der Waals surface area contributed by atoms with Gasteiger partial charge >= 0.3 is 0 Å². The fourth-order valence-corrected chi connectivity index (χ4v) is 2.09. The number of hydrogen-bond donors (Lipinski definition) is 2. The molecular formula is C11H23N5O. The van der Waals surface area contributed by atoms with Crippen LogP contribution in [0.15, 0.2) is 6.20 Å². The second-order valence-corrected chi connectivity index (χ2v) is 5.38. The summed E-state index contributed by atoms with van der Waals surface area (Å²) in [7, 11) is 3.55. The van der Waals surface area contributed by atoms with Gasteiger partial charge in [-0.15, -0.1) is 5.10 Å². The number of aryl methyl sites for hydroxylation is 1. The van der Waals surface area contributed by atoms with Crippen molar-refractivity contribution in [2.24, 2.45) is 18.3 Å². The molecule has 1 aromatic rings. The third kappa shape index (κ3) is 3.76. The maximum Gasteiger partial charge on any atom is 0.0844 e. The molecule has 0 aliphatic heterocycles. The lowest BCUT2D eigenvalue weighted by Crippen LogP contribution is -2.51. The van der Waals surface area contributed by atoms with Crippen molar-refractivity contribution in [3.63, 3.8) is 0 Å². The van der Waals surface area contributed by atoms with Crippen LogP contribution in [0.5, 0.6) is 0 Å². The van der Waals surface area contributed by atoms with E-state index in [1.165, 1.54) is 0 Å². The van der Waals surface area contributed by atoms with Crippen molar-refractivity contribution >= 4 is 0 Å². The summed E-state index contributed by atoms with van der Waals surface area (Å²) in [6.45, 7) is 6.38. The number of nitrogens with two attached hydrogens (primary N) is 1. The molecule has 2 atom stereocenters. The number of rotatable bonds is 5. The highest BCUT2D eigenvalue weighted by molar-refractivity contribution is 4.99. The lowest BCUT2D eigenvalue weighted by molar-refractivity contribution is -0.0112. The molecule has 0 aromatic carbocycles. The summed E-state index contributed by atoms with van der Waals surface area (Å²) in [5.74, 6) is 5.62. The molecule has 6 nitrogen and oxygen atoms in total. The third-order valence-corrected chi connectivity index (χ3v) is 2.77. The first kappa shape index (κ1) is 14.1. The van der Waals surface area contributed by atoms with Gasteiger partial charge in [-0.1, -0.05) is 26.0 Å². The van der Waals surface area contributed by atoms with Crippen LogP contribution >= 0.6 is 0 Å². The molecule has 3 N–H and O–H groups in total. The van der Waals surface area contributed by atoms with E-state index in [2.05, 4.69) is 36.5 Å². The van der Waals surface area contributed by atoms with Crippen LogP contribution in [0.1, 0.15) is 26.5 Å². The molecule has 0 aliphatic carbocycles. The average Bonchev–Trinajstić information content (AvgIpc) is 2.61. The van der Waals surface area contributed by atoms with Gasteiger partial charge in [0.15, 0.2) is 0 Å². The van der Waals surface area contributed by atoms with Crippen LogP contribution in [-0.4, -0.2) is 34.2 Å². The summed E-state index contributed by atoms with van der Waals surface area (Å²) >= 11 is 0. The Kier molecular flexibility index (Phi) is 4.62. The van der Waals surface area contributed by atoms with Gasteiger partial charge in [0.1, 0.15) is 0 Å². The Hall–Kier alpha value is -0.980. The highest BCUT2D eigenvalue weighted by Gasteiger charge is 2.32. The topological polar surface area (TPSA) is 78.0 Å². The minimum absolute atomic E-state index is 0.00793. The molecule has 1 rings (SSSR count). The van der Waals surface area contributed by atoms with E-state index in [1.807, 2.05) is 13.2 Å². The van der Waals surface area contributed by atoms with Crippen LogP contribution in [0.25, 0.3) is 0 Å². The first-order valence-electron chi connectivity index (χ1n) is 5.72. The van der Waals surface area contributed by atoms with E-state index in [4.69, 9.17) is 10.6 Å². The van der Waals surface area contributed by atoms with Crippen molar-refractivity contribution in [3.05, 3.63) is 11.9 Å². The van der Waals surface area contributed by atoms with E-state index in [0.717, 1.165) is 5.69 Å². The van der Waals surface area contributed by atoms with Gasteiger partial charge in [-0.25, -0.2) is 0 Å². The maximum absolute atomic E-state index is 5.62. The Morgan fingerprint density at radius 3 is 2.53 bits per heavy atom. The van der Waals surface area contributed by atoms with E-state index in [9.17, 15) is 0 Å². The zero-order valence-electron chi connectivity index (χ0n) is 11.3. The second-order valence-electron chi connectivity index (χ2n) is 5.38. The number of nitrogens with one attached hydrogen (secondary N) is 1. The fraction of sp³-hybridized carbons (Fsp3) is 0.818. The van der Waals surface area contributed by atoms with Crippen molar-refractivity contribution in [2.45, 2.75) is 39.3 Å². The van der Waals surface area contributed by atoms with E-state index < -0.39 is 0 Å². The highest BCUT2D eigenvalue weighted by Crippen LogP contribution is 2.25. The van der Waals surface area contributed by atoms with Gasteiger partial charge in [-0.3, -0.25) is 16.0 Å². The van der Waals surface area contributed by atoms with Crippen molar-refractivity contribution in [1.82, 2.24) is 20.4 Å². The monoisotopic (exact) mass is 241 g/mol. The Labute approximate surface area is 102 Å². The number of nitrogens with zero attached hydrogens (tertiary/aromatic N) is 3. The van der Waals surface area contributed by atoms with Crippen LogP contribution in [0, 0.1) is 5.41 Å². The Balaban J connectivity index is 2.76. The Bertz CT molecular complexity index is 344. The quantitative estimate of drug-likeness (QED) is 0.571. The molecular weight excluding hydrogens is 218 g/mol. The molecule has 0 radical (unpaired) electrons. The molecule has 2 unspecified atom stereocenters. The van der Waals surface area contributed by atoms with Crippen molar-refractivity contribution in [1.29, 1.82) is 0 Å². The summed E-state index contributed by atoms with van der Waals surface area (Å²) in [5.41, 5.74) is 3.73. The van der Waals surface area contributed by atoms with Crippen molar-refractivity contribution in [2.75, 3.05) is 7.11 Å². The zero-order valence-corrected chi connectivity index (χ0v) is 11.3. The molecule has 1 aromatic heterocycles. The summed E-state index contributed by atoms with van der Waals surface area (Å²) < 4.78 is 7.23. The minimum Gasteiger partial charge on any atom is -0.379 e. The molecule has 0 aliphatic rings. The normalized spacial score (nSPS) is 15.9. The average molecular weight is 241 g/mol. The fourth-order valence-electron chi connectivity index (χ4n) is 2.09. The molecule has 1 heterocycles. The number of ether oxygens (including phenoxy) is 1. The largest absolute Gasteiger partial charge is 0.379 e.